The van der Waals surface area contributed by atoms with Gasteiger partial charge >= 0.3 is 0 Å². The first-order valence-corrected chi connectivity index (χ1v) is 8.58. The van der Waals surface area contributed by atoms with Gasteiger partial charge in [0, 0.05) is 22.3 Å². The lowest BCUT2D eigenvalue weighted by Gasteiger charge is -2.22. The minimum Gasteiger partial charge on any atom is -0.346 e. The molecule has 0 aromatic carbocycles. The van der Waals surface area contributed by atoms with Gasteiger partial charge in [-0.15, -0.1) is 11.3 Å². The molecule has 1 atom stereocenters. The van der Waals surface area contributed by atoms with Crippen LogP contribution in [0.4, 0.5) is 0 Å². The van der Waals surface area contributed by atoms with E-state index in [-0.39, 0.29) is 11.7 Å². The molecule has 3 rings (SSSR count). The molecule has 2 N–H and O–H groups in total. The largest absolute Gasteiger partial charge is 0.346 e. The second kappa shape index (κ2) is 6.25. The lowest BCUT2D eigenvalue weighted by Crippen LogP contribution is -3.16. The Morgan fingerprint density at radius 3 is 2.87 bits per heavy atom. The number of carbonyl (C=O) groups is 2. The molecular formula is C16H21N4O2S+. The van der Waals surface area contributed by atoms with Gasteiger partial charge in [-0.1, -0.05) is 0 Å². The zero-order chi connectivity index (χ0) is 16.6. The summed E-state index contributed by atoms with van der Waals surface area (Å²) in [6.07, 6.45) is 0. The smallest absolute Gasteiger partial charge is 0.275 e. The Labute approximate surface area is 139 Å². The van der Waals surface area contributed by atoms with Crippen LogP contribution in [0.25, 0.3) is 5.13 Å². The number of thiazole rings is 1. The molecule has 122 valence electrons. The second-order valence-corrected chi connectivity index (χ2v) is 6.85. The minimum absolute atomic E-state index is 0.0165. The van der Waals surface area contributed by atoms with Gasteiger partial charge in [0.2, 0.25) is 5.78 Å². The highest BCUT2D eigenvalue weighted by Gasteiger charge is 2.25. The molecule has 0 bridgehead atoms. The maximum absolute atomic E-state index is 12.7. The number of rotatable bonds is 4. The number of hydrogen-bond acceptors (Lipinski definition) is 4. The third-order valence-electron chi connectivity index (χ3n) is 4.15. The molecule has 7 heteroatoms. The number of amides is 1. The number of nitrogens with one attached hydrogen (secondary N) is 2. The predicted molar refractivity (Wildman–Crippen MR) is 88.6 cm³/mol. The fourth-order valence-corrected chi connectivity index (χ4v) is 3.93. The number of carbonyl (C=O) groups excluding carboxylic acids is 2. The van der Waals surface area contributed by atoms with Crippen molar-refractivity contribution < 1.29 is 14.5 Å². The number of Topliss-reactive ketones (excluding diaryl/α,β-unsaturated/α-hetero) is 1. The zero-order valence-electron chi connectivity index (χ0n) is 13.6. The fourth-order valence-electron chi connectivity index (χ4n) is 3.01. The molecule has 1 aliphatic rings. The van der Waals surface area contributed by atoms with Gasteiger partial charge < -0.3 is 10.2 Å². The summed E-state index contributed by atoms with van der Waals surface area (Å²) in [5.41, 5.74) is 3.64. The van der Waals surface area contributed by atoms with Crippen molar-refractivity contribution in [3.63, 3.8) is 0 Å². The molecule has 1 unspecified atom stereocenters. The van der Waals surface area contributed by atoms with E-state index in [0.29, 0.717) is 19.6 Å². The third kappa shape index (κ3) is 3.20. The van der Waals surface area contributed by atoms with Crippen LogP contribution in [0, 0.1) is 20.8 Å². The van der Waals surface area contributed by atoms with E-state index in [9.17, 15) is 9.59 Å². The van der Waals surface area contributed by atoms with Crippen molar-refractivity contribution in [1.29, 1.82) is 0 Å². The molecule has 0 saturated carbocycles. The Bertz CT molecular complexity index is 762. The Kier molecular flexibility index (Phi) is 4.32. The van der Waals surface area contributed by atoms with E-state index in [0.717, 1.165) is 39.2 Å². The number of ketones is 1. The Morgan fingerprint density at radius 1 is 1.43 bits per heavy atom. The molecule has 1 saturated heterocycles. The van der Waals surface area contributed by atoms with Crippen LogP contribution in [0.15, 0.2) is 11.4 Å². The van der Waals surface area contributed by atoms with Crippen molar-refractivity contribution in [3.05, 3.63) is 34.1 Å². The van der Waals surface area contributed by atoms with Gasteiger partial charge in [-0.05, 0) is 26.8 Å². The molecule has 3 heterocycles. The summed E-state index contributed by atoms with van der Waals surface area (Å²) in [6.45, 7) is 8.06. The summed E-state index contributed by atoms with van der Waals surface area (Å²) >= 11 is 1.57. The molecule has 0 spiro atoms. The zero-order valence-corrected chi connectivity index (χ0v) is 14.4. The molecule has 1 fully saturated rings. The SMILES string of the molecule is Cc1csc(-n2c(C)cc(C(=O)C[NH+]3CCNC(=O)C3)c2C)n1. The molecule has 6 nitrogen and oxygen atoms in total. The average molecular weight is 333 g/mol. The highest BCUT2D eigenvalue weighted by Crippen LogP contribution is 2.23. The van der Waals surface area contributed by atoms with Gasteiger partial charge in [-0.3, -0.25) is 14.2 Å². The van der Waals surface area contributed by atoms with E-state index in [2.05, 4.69) is 10.3 Å². The maximum atomic E-state index is 12.7. The van der Waals surface area contributed by atoms with Crippen LogP contribution in [-0.2, 0) is 4.79 Å². The summed E-state index contributed by atoms with van der Waals surface area (Å²) in [7, 11) is 0. The Morgan fingerprint density at radius 2 is 2.22 bits per heavy atom. The normalized spacial score (nSPS) is 18.0. The molecule has 0 aliphatic carbocycles. The monoisotopic (exact) mass is 333 g/mol. The quantitative estimate of drug-likeness (QED) is 0.778. The average Bonchev–Trinajstić information content (AvgIpc) is 3.02. The standard InChI is InChI=1S/C16H20N4O2S/c1-10-9-23-16(18-10)20-11(2)6-13(12(20)3)14(21)7-19-5-4-17-15(22)8-19/h6,9H,4-5,7-8H2,1-3H3,(H,17,22)/p+1. The number of quaternary nitrogens is 1. The molecular weight excluding hydrogens is 312 g/mol. The van der Waals surface area contributed by atoms with Gasteiger partial charge in [0.1, 0.15) is 6.54 Å². The number of aromatic nitrogens is 2. The van der Waals surface area contributed by atoms with E-state index < -0.39 is 0 Å². The van der Waals surface area contributed by atoms with Crippen LogP contribution in [0.5, 0.6) is 0 Å². The van der Waals surface area contributed by atoms with Crippen molar-refractivity contribution in [2.75, 3.05) is 26.2 Å². The van der Waals surface area contributed by atoms with Crippen molar-refractivity contribution >= 4 is 23.0 Å². The predicted octanol–water partition coefficient (Wildman–Crippen LogP) is 0.0565. The second-order valence-electron chi connectivity index (χ2n) is 6.02. The van der Waals surface area contributed by atoms with Crippen molar-refractivity contribution in [3.8, 4) is 5.13 Å². The van der Waals surface area contributed by atoms with E-state index in [1.54, 1.807) is 11.3 Å². The molecule has 23 heavy (non-hydrogen) atoms. The van der Waals surface area contributed by atoms with E-state index in [1.807, 2.05) is 36.8 Å². The van der Waals surface area contributed by atoms with Crippen LogP contribution in [-0.4, -0.2) is 47.4 Å². The number of nitrogens with zero attached hydrogens (tertiary/aromatic N) is 2. The Balaban J connectivity index is 1.83. The summed E-state index contributed by atoms with van der Waals surface area (Å²) in [5.74, 6) is 0.102. The van der Waals surface area contributed by atoms with Crippen LogP contribution in [0.2, 0.25) is 0 Å². The number of aryl methyl sites for hydroxylation is 2. The van der Waals surface area contributed by atoms with E-state index in [4.69, 9.17) is 0 Å². The highest BCUT2D eigenvalue weighted by atomic mass is 32.1. The summed E-state index contributed by atoms with van der Waals surface area (Å²) in [5, 5.41) is 5.69. The van der Waals surface area contributed by atoms with Crippen molar-refractivity contribution in [2.24, 2.45) is 0 Å². The molecule has 1 aliphatic heterocycles. The van der Waals surface area contributed by atoms with Gasteiger partial charge in [-0.2, -0.15) is 0 Å². The van der Waals surface area contributed by atoms with Crippen LogP contribution >= 0.6 is 11.3 Å². The summed E-state index contributed by atoms with van der Waals surface area (Å²) < 4.78 is 2.03. The summed E-state index contributed by atoms with van der Waals surface area (Å²) in [4.78, 5) is 29.6. The van der Waals surface area contributed by atoms with Crippen LogP contribution < -0.4 is 10.2 Å². The van der Waals surface area contributed by atoms with Gasteiger partial charge in [0.25, 0.3) is 5.91 Å². The number of piperazine rings is 1. The highest BCUT2D eigenvalue weighted by molar-refractivity contribution is 7.12. The first-order chi connectivity index (χ1) is 11.0. The number of hydrogen-bond donors (Lipinski definition) is 2. The Hall–Kier alpha value is -1.99. The molecule has 0 radical (unpaired) electrons. The lowest BCUT2D eigenvalue weighted by atomic mass is 10.1. The van der Waals surface area contributed by atoms with E-state index in [1.165, 1.54) is 0 Å². The fraction of sp³-hybridized carbons (Fsp3) is 0.438. The van der Waals surface area contributed by atoms with Gasteiger partial charge in [-0.25, -0.2) is 4.98 Å². The minimum atomic E-state index is 0.0165. The summed E-state index contributed by atoms with van der Waals surface area (Å²) in [6, 6.07) is 1.93. The van der Waals surface area contributed by atoms with Crippen LogP contribution in [0.1, 0.15) is 27.4 Å². The molecule has 2 aromatic rings. The lowest BCUT2D eigenvalue weighted by molar-refractivity contribution is -0.884. The van der Waals surface area contributed by atoms with Gasteiger partial charge in [0.05, 0.1) is 18.8 Å². The topological polar surface area (TPSA) is 68.4 Å². The van der Waals surface area contributed by atoms with Crippen molar-refractivity contribution in [1.82, 2.24) is 14.9 Å². The van der Waals surface area contributed by atoms with Crippen LogP contribution in [0.3, 0.4) is 0 Å². The molecule has 1 amide bonds. The first kappa shape index (κ1) is 15.9. The maximum Gasteiger partial charge on any atom is 0.275 e. The van der Waals surface area contributed by atoms with Crippen molar-refractivity contribution in [2.45, 2.75) is 20.8 Å². The first-order valence-electron chi connectivity index (χ1n) is 7.70. The third-order valence-corrected chi connectivity index (χ3v) is 5.10. The van der Waals surface area contributed by atoms with Gasteiger partial charge in [0.15, 0.2) is 11.7 Å². The van der Waals surface area contributed by atoms with E-state index >= 15 is 0 Å². The molecule has 2 aromatic heterocycles.